The number of carboxylic acids is 1. The molecule has 9 heteroatoms. The van der Waals surface area contributed by atoms with Gasteiger partial charge in [0.2, 0.25) is 0 Å². The molecule has 0 aliphatic rings. The predicted octanol–water partition coefficient (Wildman–Crippen LogP) is 4.74. The molecule has 1 amide bonds. The first kappa shape index (κ1) is 24.8. The Morgan fingerprint density at radius 1 is 0.939 bits per heavy atom. The maximum absolute atomic E-state index is 13.5. The molecule has 6 nitrogen and oxygen atoms in total. The van der Waals surface area contributed by atoms with Gasteiger partial charge in [-0.15, -0.1) is 0 Å². The Hall–Kier alpha value is -2.87. The molecule has 33 heavy (non-hydrogen) atoms. The number of nitrogens with zero attached hydrogens (tertiary/aromatic N) is 1. The summed E-state index contributed by atoms with van der Waals surface area (Å²) < 4.78 is 23.5. The van der Waals surface area contributed by atoms with Gasteiger partial charge in [-0.1, -0.05) is 65.7 Å². The van der Waals surface area contributed by atoms with Gasteiger partial charge in [-0.3, -0.25) is 4.79 Å². The van der Waals surface area contributed by atoms with Gasteiger partial charge in [-0.25, -0.2) is 13.2 Å². The molecule has 0 unspecified atom stereocenters. The van der Waals surface area contributed by atoms with Crippen LogP contribution in [0.15, 0.2) is 77.7 Å². The Labute approximate surface area is 202 Å². The first-order valence-corrected chi connectivity index (χ1v) is 12.5. The van der Waals surface area contributed by atoms with E-state index >= 15 is 0 Å². The number of carbonyl (C=O) groups excluding carboxylic acids is 1. The fourth-order valence-corrected chi connectivity index (χ4v) is 4.47. The summed E-state index contributed by atoms with van der Waals surface area (Å²) in [5.74, 6) is -1.75. The van der Waals surface area contributed by atoms with E-state index in [0.717, 1.165) is 11.8 Å². The monoisotopic (exact) mass is 505 g/mol. The molecule has 3 aromatic rings. The first-order valence-electron chi connectivity index (χ1n) is 9.88. The summed E-state index contributed by atoms with van der Waals surface area (Å²) in [6.07, 6.45) is 1.18. The lowest BCUT2D eigenvalue weighted by atomic mass is 10.0. The van der Waals surface area contributed by atoms with Crippen LogP contribution in [0.3, 0.4) is 0 Å². The average Bonchev–Trinajstić information content (AvgIpc) is 2.76. The minimum atomic E-state index is -3.39. The summed E-state index contributed by atoms with van der Waals surface area (Å²) in [4.78, 5) is 27.1. The van der Waals surface area contributed by atoms with Crippen LogP contribution in [0.4, 0.5) is 0 Å². The first-order chi connectivity index (χ1) is 15.6. The lowest BCUT2D eigenvalue weighted by Gasteiger charge is -2.30. The van der Waals surface area contributed by atoms with Gasteiger partial charge in [0, 0.05) is 24.2 Å². The Bertz CT molecular complexity index is 1260. The molecule has 0 aliphatic carbocycles. The van der Waals surface area contributed by atoms with E-state index in [1.54, 1.807) is 36.4 Å². The summed E-state index contributed by atoms with van der Waals surface area (Å²) in [5.41, 5.74) is 1.44. The maximum Gasteiger partial charge on any atom is 0.326 e. The highest BCUT2D eigenvalue weighted by molar-refractivity contribution is 7.90. The molecule has 0 aliphatic heterocycles. The summed E-state index contributed by atoms with van der Waals surface area (Å²) in [6, 6.07) is 18.1. The largest absolute Gasteiger partial charge is 0.480 e. The van der Waals surface area contributed by atoms with Crippen LogP contribution in [0.1, 0.15) is 21.5 Å². The van der Waals surface area contributed by atoms with Gasteiger partial charge in [0.15, 0.2) is 9.84 Å². The van der Waals surface area contributed by atoms with Gasteiger partial charge in [-0.2, -0.15) is 0 Å². The fourth-order valence-electron chi connectivity index (χ4n) is 3.35. The number of aliphatic carboxylic acids is 1. The van der Waals surface area contributed by atoms with Crippen molar-refractivity contribution in [3.05, 3.63) is 99.5 Å². The second-order valence-electron chi connectivity index (χ2n) is 7.52. The highest BCUT2D eigenvalue weighted by Crippen LogP contribution is 2.25. The van der Waals surface area contributed by atoms with Crippen molar-refractivity contribution in [1.29, 1.82) is 0 Å². The standard InChI is InChI=1S/C24H21Cl2NO5S/c1-33(31,32)19-10-7-17(8-11-19)15-27(23(28)20-12-9-18(25)14-21(20)26)22(24(29)30)13-16-5-3-2-4-6-16/h2-12,14,22H,13,15H2,1H3,(H,29,30)/t22-/m0/s1. The lowest BCUT2D eigenvalue weighted by Crippen LogP contribution is -2.46. The van der Waals surface area contributed by atoms with Gasteiger partial charge in [0.05, 0.1) is 15.5 Å². The zero-order valence-electron chi connectivity index (χ0n) is 17.6. The molecule has 1 atom stereocenters. The van der Waals surface area contributed by atoms with Crippen molar-refractivity contribution in [2.45, 2.75) is 23.9 Å². The molecule has 3 rings (SSSR count). The molecule has 0 heterocycles. The number of hydrogen-bond donors (Lipinski definition) is 1. The number of amides is 1. The number of hydrogen-bond acceptors (Lipinski definition) is 4. The number of rotatable bonds is 8. The van der Waals surface area contributed by atoms with Crippen molar-refractivity contribution >= 4 is 44.9 Å². The molecule has 0 saturated carbocycles. The normalized spacial score (nSPS) is 12.2. The van der Waals surface area contributed by atoms with E-state index in [2.05, 4.69) is 0 Å². The second-order valence-corrected chi connectivity index (χ2v) is 10.4. The van der Waals surface area contributed by atoms with Gasteiger partial charge >= 0.3 is 5.97 Å². The number of sulfone groups is 1. The summed E-state index contributed by atoms with van der Waals surface area (Å²) >= 11 is 12.2. The van der Waals surface area contributed by atoms with Crippen molar-refractivity contribution in [3.8, 4) is 0 Å². The molecular formula is C24H21Cl2NO5S. The molecule has 0 bridgehead atoms. The van der Waals surface area contributed by atoms with Crippen LogP contribution in [0, 0.1) is 0 Å². The van der Waals surface area contributed by atoms with Crippen molar-refractivity contribution in [2.24, 2.45) is 0 Å². The molecular weight excluding hydrogens is 485 g/mol. The number of halogens is 2. The molecule has 0 fully saturated rings. The third-order valence-corrected chi connectivity index (χ3v) is 6.74. The van der Waals surface area contributed by atoms with Crippen LogP contribution in [0.25, 0.3) is 0 Å². The molecule has 0 spiro atoms. The third kappa shape index (κ3) is 6.35. The van der Waals surface area contributed by atoms with Gasteiger partial charge in [-0.05, 0) is 41.5 Å². The van der Waals surface area contributed by atoms with E-state index < -0.39 is 27.8 Å². The molecule has 0 saturated heterocycles. The van der Waals surface area contributed by atoms with Crippen LogP contribution in [-0.4, -0.2) is 42.6 Å². The zero-order valence-corrected chi connectivity index (χ0v) is 19.9. The number of carbonyl (C=O) groups is 2. The molecule has 0 radical (unpaired) electrons. The minimum absolute atomic E-state index is 0.0639. The average molecular weight is 506 g/mol. The van der Waals surface area contributed by atoms with Gasteiger partial charge in [0.25, 0.3) is 5.91 Å². The van der Waals surface area contributed by atoms with Crippen LogP contribution in [0.2, 0.25) is 10.0 Å². The summed E-state index contributed by atoms with van der Waals surface area (Å²) in [7, 11) is -3.39. The van der Waals surface area contributed by atoms with E-state index in [1.165, 1.54) is 35.2 Å². The lowest BCUT2D eigenvalue weighted by molar-refractivity contribution is -0.142. The molecule has 172 valence electrons. The second kappa shape index (κ2) is 10.4. The summed E-state index contributed by atoms with van der Waals surface area (Å²) in [6.45, 7) is -0.0639. The van der Waals surface area contributed by atoms with E-state index in [4.69, 9.17) is 23.2 Å². The SMILES string of the molecule is CS(=O)(=O)c1ccc(CN(C(=O)c2ccc(Cl)cc2Cl)[C@@H](Cc2ccccc2)C(=O)O)cc1. The third-order valence-electron chi connectivity index (χ3n) is 5.06. The Balaban J connectivity index is 2.02. The number of carboxylic acid groups (broad SMARTS) is 1. The fraction of sp³-hybridized carbons (Fsp3) is 0.167. The van der Waals surface area contributed by atoms with Crippen molar-refractivity contribution in [2.75, 3.05) is 6.26 Å². The molecule has 0 aromatic heterocycles. The van der Waals surface area contributed by atoms with Gasteiger partial charge < -0.3 is 10.0 Å². The molecule has 1 N–H and O–H groups in total. The predicted molar refractivity (Wildman–Crippen MR) is 127 cm³/mol. The van der Waals surface area contributed by atoms with E-state index in [9.17, 15) is 23.1 Å². The summed E-state index contributed by atoms with van der Waals surface area (Å²) in [5, 5.41) is 10.5. The Morgan fingerprint density at radius 3 is 2.12 bits per heavy atom. The van der Waals surface area contributed by atoms with Gasteiger partial charge in [0.1, 0.15) is 6.04 Å². The van der Waals surface area contributed by atoms with E-state index in [1.807, 2.05) is 6.07 Å². The Morgan fingerprint density at radius 2 is 1.58 bits per heavy atom. The quantitative estimate of drug-likeness (QED) is 0.477. The smallest absolute Gasteiger partial charge is 0.326 e. The van der Waals surface area contributed by atoms with Crippen LogP contribution >= 0.6 is 23.2 Å². The van der Waals surface area contributed by atoms with Crippen molar-refractivity contribution < 1.29 is 23.1 Å². The Kier molecular flexibility index (Phi) is 7.79. The van der Waals surface area contributed by atoms with Crippen molar-refractivity contribution in [3.63, 3.8) is 0 Å². The topological polar surface area (TPSA) is 91.8 Å². The highest BCUT2D eigenvalue weighted by atomic mass is 35.5. The molecule has 3 aromatic carbocycles. The zero-order chi connectivity index (χ0) is 24.2. The number of benzene rings is 3. The highest BCUT2D eigenvalue weighted by Gasteiger charge is 2.32. The van der Waals surface area contributed by atoms with Crippen molar-refractivity contribution in [1.82, 2.24) is 4.90 Å². The van der Waals surface area contributed by atoms with Crippen LogP contribution in [-0.2, 0) is 27.6 Å². The van der Waals surface area contributed by atoms with E-state index in [0.29, 0.717) is 10.6 Å². The van der Waals surface area contributed by atoms with Crippen LogP contribution in [0.5, 0.6) is 0 Å². The van der Waals surface area contributed by atoms with Crippen LogP contribution < -0.4 is 0 Å². The van der Waals surface area contributed by atoms with E-state index in [-0.39, 0.29) is 28.4 Å². The maximum atomic E-state index is 13.5. The minimum Gasteiger partial charge on any atom is -0.480 e.